The zero-order valence-electron chi connectivity index (χ0n) is 15.7. The minimum atomic E-state index is -0.833. The van der Waals surface area contributed by atoms with Crippen LogP contribution in [0.1, 0.15) is 97.3 Å². The average Bonchev–Trinajstić information content (AvgIpc) is 2.43. The van der Waals surface area contributed by atoms with E-state index in [-0.39, 0.29) is 0 Å². The van der Waals surface area contributed by atoms with Gasteiger partial charge in [0, 0.05) is 6.92 Å². The lowest BCUT2D eigenvalue weighted by Gasteiger charge is -2.08. The van der Waals surface area contributed by atoms with Gasteiger partial charge in [0.15, 0.2) is 0 Å². The predicted octanol–water partition coefficient (Wildman–Crippen LogP) is 5.73. The van der Waals surface area contributed by atoms with Gasteiger partial charge in [-0.05, 0) is 27.1 Å². The summed E-state index contributed by atoms with van der Waals surface area (Å²) in [5, 5.41) is 7.42. The highest BCUT2D eigenvalue weighted by atomic mass is 16.4. The Morgan fingerprint density at radius 2 is 1.00 bits per heavy atom. The molecule has 3 nitrogen and oxygen atoms in total. The van der Waals surface area contributed by atoms with Gasteiger partial charge in [0.05, 0.1) is 0 Å². The van der Waals surface area contributed by atoms with Crippen molar-refractivity contribution in [1.29, 1.82) is 0 Å². The Labute approximate surface area is 139 Å². The van der Waals surface area contributed by atoms with E-state index in [0.717, 1.165) is 6.92 Å². The minimum Gasteiger partial charge on any atom is -0.481 e. The predicted molar refractivity (Wildman–Crippen MR) is 97.6 cm³/mol. The molecule has 22 heavy (non-hydrogen) atoms. The normalized spacial score (nSPS) is 10.4. The van der Waals surface area contributed by atoms with Crippen molar-refractivity contribution in [2.45, 2.75) is 97.3 Å². The van der Waals surface area contributed by atoms with E-state index in [1.807, 2.05) is 0 Å². The van der Waals surface area contributed by atoms with Gasteiger partial charge in [-0.3, -0.25) is 4.79 Å². The first-order chi connectivity index (χ1) is 10.5. The van der Waals surface area contributed by atoms with Crippen molar-refractivity contribution in [3.63, 3.8) is 0 Å². The van der Waals surface area contributed by atoms with E-state index in [0.29, 0.717) is 0 Å². The molecule has 0 saturated heterocycles. The monoisotopic (exact) mass is 315 g/mol. The highest BCUT2D eigenvalue weighted by molar-refractivity contribution is 5.62. The number of aliphatic carboxylic acids is 1. The molecule has 0 rings (SSSR count). The summed E-state index contributed by atoms with van der Waals surface area (Å²) in [6.07, 6.45) is 18.8. The number of hydrogen-bond donors (Lipinski definition) is 1. The molecule has 0 spiro atoms. The summed E-state index contributed by atoms with van der Waals surface area (Å²) in [7, 11) is 4.33. The molecule has 0 saturated carbocycles. The van der Waals surface area contributed by atoms with Crippen molar-refractivity contribution < 1.29 is 9.90 Å². The number of hydrogen-bond acceptors (Lipinski definition) is 2. The zero-order chi connectivity index (χ0) is 17.1. The third-order valence-electron chi connectivity index (χ3n) is 3.71. The number of carboxylic acids is 1. The van der Waals surface area contributed by atoms with Crippen molar-refractivity contribution in [3.05, 3.63) is 0 Å². The molecule has 0 fully saturated rings. The lowest BCUT2D eigenvalue weighted by atomic mass is 10.0. The van der Waals surface area contributed by atoms with Gasteiger partial charge >= 0.3 is 0 Å². The molecule has 0 aromatic rings. The Morgan fingerprint density at radius 3 is 1.27 bits per heavy atom. The molecule has 134 valence electrons. The Bertz CT molecular complexity index is 213. The lowest BCUT2D eigenvalue weighted by Crippen LogP contribution is -2.12. The Kier molecular flexibility index (Phi) is 22.0. The second kappa shape index (κ2) is 20.4. The third-order valence-corrected chi connectivity index (χ3v) is 3.71. The van der Waals surface area contributed by atoms with Crippen molar-refractivity contribution in [2.75, 3.05) is 20.6 Å². The van der Waals surface area contributed by atoms with Crippen LogP contribution in [0.2, 0.25) is 0 Å². The van der Waals surface area contributed by atoms with E-state index >= 15 is 0 Å². The molecule has 1 N–H and O–H groups in total. The van der Waals surface area contributed by atoms with Crippen LogP contribution in [-0.2, 0) is 4.79 Å². The van der Waals surface area contributed by atoms with Gasteiger partial charge in [-0.25, -0.2) is 0 Å². The smallest absolute Gasteiger partial charge is 0.300 e. The Hall–Kier alpha value is -0.570. The zero-order valence-corrected chi connectivity index (χ0v) is 15.7. The van der Waals surface area contributed by atoms with Crippen LogP contribution in [0.25, 0.3) is 0 Å². The van der Waals surface area contributed by atoms with Crippen molar-refractivity contribution in [1.82, 2.24) is 4.90 Å². The van der Waals surface area contributed by atoms with E-state index in [4.69, 9.17) is 9.90 Å². The van der Waals surface area contributed by atoms with Crippen molar-refractivity contribution in [2.24, 2.45) is 0 Å². The maximum atomic E-state index is 9.00. The molecule has 0 aliphatic heterocycles. The second-order valence-electron chi connectivity index (χ2n) is 6.56. The molecule has 0 aliphatic carbocycles. The highest BCUT2D eigenvalue weighted by Gasteiger charge is 1.94. The van der Waals surface area contributed by atoms with Gasteiger partial charge in [0.2, 0.25) is 0 Å². The fourth-order valence-corrected chi connectivity index (χ4v) is 2.45. The molecular weight excluding hydrogens is 274 g/mol. The summed E-state index contributed by atoms with van der Waals surface area (Å²) in [6, 6.07) is 0. The molecule has 0 heterocycles. The number of carbonyl (C=O) groups is 1. The number of nitrogens with zero attached hydrogens (tertiary/aromatic N) is 1. The van der Waals surface area contributed by atoms with Crippen LogP contribution in [0, 0.1) is 0 Å². The minimum absolute atomic E-state index is 0.833. The van der Waals surface area contributed by atoms with Crippen LogP contribution in [0.15, 0.2) is 0 Å². The first kappa shape index (κ1) is 23.7. The largest absolute Gasteiger partial charge is 0.481 e. The molecule has 0 unspecified atom stereocenters. The molecule has 0 radical (unpaired) electrons. The van der Waals surface area contributed by atoms with Crippen LogP contribution in [0.5, 0.6) is 0 Å². The quantitative estimate of drug-likeness (QED) is 0.416. The molecule has 0 aromatic carbocycles. The Morgan fingerprint density at radius 1 is 0.727 bits per heavy atom. The fraction of sp³-hybridized carbons (Fsp3) is 0.947. The Balaban J connectivity index is 0. The first-order valence-corrected chi connectivity index (χ1v) is 9.35. The maximum absolute atomic E-state index is 9.00. The number of carboxylic acid groups (broad SMARTS) is 1. The van der Waals surface area contributed by atoms with E-state index in [1.165, 1.54) is 90.0 Å². The van der Waals surface area contributed by atoms with Gasteiger partial charge in [0.25, 0.3) is 5.97 Å². The SMILES string of the molecule is CC(=O)O.CCCCCCCCCCCCCCCN(C)C. The van der Waals surface area contributed by atoms with Crippen LogP contribution < -0.4 is 0 Å². The van der Waals surface area contributed by atoms with Gasteiger partial charge in [-0.15, -0.1) is 0 Å². The molecule has 0 amide bonds. The molecular formula is C19H41NO2. The van der Waals surface area contributed by atoms with E-state index in [2.05, 4.69) is 25.9 Å². The summed E-state index contributed by atoms with van der Waals surface area (Å²) >= 11 is 0. The molecule has 3 heteroatoms. The van der Waals surface area contributed by atoms with Crippen LogP contribution >= 0.6 is 0 Å². The first-order valence-electron chi connectivity index (χ1n) is 9.35. The van der Waals surface area contributed by atoms with Gasteiger partial charge in [-0.2, -0.15) is 0 Å². The number of unbranched alkanes of at least 4 members (excludes halogenated alkanes) is 12. The second-order valence-corrected chi connectivity index (χ2v) is 6.56. The summed E-state index contributed by atoms with van der Waals surface area (Å²) in [4.78, 5) is 11.3. The summed E-state index contributed by atoms with van der Waals surface area (Å²) in [6.45, 7) is 4.64. The standard InChI is InChI=1S/C17H37N.C2H4O2/c1-4-5-6-7-8-9-10-11-12-13-14-15-16-17-18(2)3;1-2(3)4/h4-17H2,1-3H3;1H3,(H,3,4). The molecule has 0 aliphatic rings. The maximum Gasteiger partial charge on any atom is 0.300 e. The van der Waals surface area contributed by atoms with Crippen molar-refractivity contribution >= 4 is 5.97 Å². The van der Waals surface area contributed by atoms with E-state index in [1.54, 1.807) is 0 Å². The summed E-state index contributed by atoms with van der Waals surface area (Å²) in [5.74, 6) is -0.833. The average molecular weight is 316 g/mol. The lowest BCUT2D eigenvalue weighted by molar-refractivity contribution is -0.134. The van der Waals surface area contributed by atoms with Gasteiger partial charge in [0.1, 0.15) is 0 Å². The van der Waals surface area contributed by atoms with Crippen LogP contribution in [-0.4, -0.2) is 36.6 Å². The summed E-state index contributed by atoms with van der Waals surface area (Å²) < 4.78 is 0. The van der Waals surface area contributed by atoms with E-state index in [9.17, 15) is 0 Å². The highest BCUT2D eigenvalue weighted by Crippen LogP contribution is 2.12. The van der Waals surface area contributed by atoms with Crippen LogP contribution in [0.4, 0.5) is 0 Å². The molecule has 0 aromatic heterocycles. The van der Waals surface area contributed by atoms with Crippen molar-refractivity contribution in [3.8, 4) is 0 Å². The van der Waals surface area contributed by atoms with Crippen LogP contribution in [0.3, 0.4) is 0 Å². The fourth-order valence-electron chi connectivity index (χ4n) is 2.45. The topological polar surface area (TPSA) is 40.5 Å². The third kappa shape index (κ3) is 31.7. The summed E-state index contributed by atoms with van der Waals surface area (Å²) in [5.41, 5.74) is 0. The molecule has 0 bridgehead atoms. The molecule has 0 atom stereocenters. The van der Waals surface area contributed by atoms with Gasteiger partial charge < -0.3 is 10.0 Å². The van der Waals surface area contributed by atoms with E-state index < -0.39 is 5.97 Å². The van der Waals surface area contributed by atoms with Gasteiger partial charge in [-0.1, -0.05) is 84.0 Å². The number of rotatable bonds is 14.